The summed E-state index contributed by atoms with van der Waals surface area (Å²) in [5.41, 5.74) is 4.38. The minimum atomic E-state index is -0.802. The van der Waals surface area contributed by atoms with E-state index in [0.717, 1.165) is 35.2 Å². The number of hydrogen-bond acceptors (Lipinski definition) is 8. The van der Waals surface area contributed by atoms with Gasteiger partial charge in [-0.05, 0) is 68.1 Å². The average Bonchev–Trinajstić information content (AvgIpc) is 4.01. The van der Waals surface area contributed by atoms with Gasteiger partial charge < -0.3 is 39.9 Å². The van der Waals surface area contributed by atoms with Gasteiger partial charge in [0.1, 0.15) is 29.4 Å². The Labute approximate surface area is 332 Å². The Morgan fingerprint density at radius 2 is 1.12 bits per heavy atom. The van der Waals surface area contributed by atoms with Crippen molar-refractivity contribution in [3.05, 3.63) is 72.3 Å². The van der Waals surface area contributed by atoms with E-state index in [9.17, 15) is 19.2 Å². The molecule has 4 amide bonds. The monoisotopic (exact) mass is 784 g/mol. The largest absolute Gasteiger partial charge is 0.453 e. The summed E-state index contributed by atoms with van der Waals surface area (Å²) >= 11 is 0. The molecular weight excluding hydrogens is 732 g/mol. The molecule has 4 aromatic rings. The molecule has 2 aliphatic heterocycles. The number of nitrogens with one attached hydrogen (secondary N) is 4. The summed E-state index contributed by atoms with van der Waals surface area (Å²) in [5, 5.41) is 5.35. The molecule has 304 valence electrons. The second kappa shape index (κ2) is 17.2. The van der Waals surface area contributed by atoms with E-state index in [2.05, 4.69) is 30.6 Å². The van der Waals surface area contributed by atoms with Crippen LogP contribution in [0.3, 0.4) is 0 Å². The highest BCUT2D eigenvalue weighted by molar-refractivity contribution is 5.87. The molecular formula is C42H53FN8O6. The highest BCUT2D eigenvalue weighted by Crippen LogP contribution is 2.39. The van der Waals surface area contributed by atoms with Gasteiger partial charge >= 0.3 is 12.2 Å². The fourth-order valence-electron chi connectivity index (χ4n) is 8.00. The van der Waals surface area contributed by atoms with E-state index in [-0.39, 0.29) is 47.5 Å². The number of aromatic nitrogens is 4. The van der Waals surface area contributed by atoms with Crippen molar-refractivity contribution in [2.24, 2.45) is 11.8 Å². The molecule has 0 spiro atoms. The zero-order valence-electron chi connectivity index (χ0n) is 33.8. The van der Waals surface area contributed by atoms with Crippen LogP contribution in [0.4, 0.5) is 14.0 Å². The van der Waals surface area contributed by atoms with Crippen LogP contribution < -0.4 is 10.6 Å². The van der Waals surface area contributed by atoms with Crippen LogP contribution in [0.2, 0.25) is 0 Å². The van der Waals surface area contributed by atoms with E-state index in [1.807, 2.05) is 95.0 Å². The van der Waals surface area contributed by atoms with Crippen molar-refractivity contribution in [2.45, 2.75) is 103 Å². The number of likely N-dealkylation sites (tertiary alicyclic amines) is 2. The Bertz CT molecular complexity index is 2060. The number of hydrogen-bond donors (Lipinski definition) is 4. The second-order valence-corrected chi connectivity index (χ2v) is 15.7. The van der Waals surface area contributed by atoms with Crippen molar-refractivity contribution in [1.82, 2.24) is 40.4 Å². The third-order valence-electron chi connectivity index (χ3n) is 11.2. The van der Waals surface area contributed by atoms with E-state index >= 15 is 4.39 Å². The summed E-state index contributed by atoms with van der Waals surface area (Å²) in [6, 6.07) is 13.1. The topological polar surface area (TPSA) is 175 Å². The molecule has 2 aromatic heterocycles. The lowest BCUT2D eigenvalue weighted by atomic mass is 10.0. The van der Waals surface area contributed by atoms with Crippen LogP contribution >= 0.6 is 0 Å². The van der Waals surface area contributed by atoms with Gasteiger partial charge in [0.2, 0.25) is 17.8 Å². The average molecular weight is 785 g/mol. The molecule has 57 heavy (non-hydrogen) atoms. The molecule has 15 heteroatoms. The van der Waals surface area contributed by atoms with Gasteiger partial charge in [-0.1, -0.05) is 76.2 Å². The number of amides is 4. The Hall–Kier alpha value is -5.73. The maximum Gasteiger partial charge on any atom is 0.407 e. The zero-order chi connectivity index (χ0) is 41.1. The van der Waals surface area contributed by atoms with E-state index < -0.39 is 36.3 Å². The minimum Gasteiger partial charge on any atom is -0.453 e. The number of carbonyl (C=O) groups is 4. The van der Waals surface area contributed by atoms with Gasteiger partial charge in [-0.25, -0.2) is 19.6 Å². The van der Waals surface area contributed by atoms with Crippen molar-refractivity contribution in [3.63, 3.8) is 0 Å². The number of H-pyrrole nitrogens is 2. The molecule has 0 bridgehead atoms. The SMILES string of the molecule is COC(=O)N[C@H](C(=O)N1[C@@H](C)CC[C@H]1c1nc(-c2ccc(-c3ccc(-c4cnc([C@H]5CC[C@@H](C)N5C(=O)[C@H](NC(=O)OC)C(C)C)[nH]4)cc3)cc2)c(F)[nH]1)C(C)C. The molecule has 4 N–H and O–H groups in total. The van der Waals surface area contributed by atoms with Gasteiger partial charge in [0.25, 0.3) is 0 Å². The summed E-state index contributed by atoms with van der Waals surface area (Å²) in [5.74, 6) is -0.292. The number of imidazole rings is 2. The predicted molar refractivity (Wildman–Crippen MR) is 212 cm³/mol. The van der Waals surface area contributed by atoms with Crippen molar-refractivity contribution >= 4 is 24.0 Å². The first-order valence-corrected chi connectivity index (χ1v) is 19.6. The first-order chi connectivity index (χ1) is 27.2. The molecule has 2 fully saturated rings. The van der Waals surface area contributed by atoms with Crippen LogP contribution in [0.1, 0.15) is 91.0 Å². The third kappa shape index (κ3) is 8.52. The van der Waals surface area contributed by atoms with E-state index in [0.29, 0.717) is 30.1 Å². The van der Waals surface area contributed by atoms with Gasteiger partial charge in [0.05, 0.1) is 38.2 Å². The lowest BCUT2D eigenvalue weighted by molar-refractivity contribution is -0.138. The highest BCUT2D eigenvalue weighted by Gasteiger charge is 2.43. The van der Waals surface area contributed by atoms with E-state index in [1.54, 1.807) is 11.1 Å². The summed E-state index contributed by atoms with van der Waals surface area (Å²) in [4.78, 5) is 70.6. The molecule has 0 saturated carbocycles. The van der Waals surface area contributed by atoms with Crippen molar-refractivity contribution in [2.75, 3.05) is 14.2 Å². The molecule has 6 rings (SSSR count). The number of ether oxygens (including phenoxy) is 2. The van der Waals surface area contributed by atoms with Crippen molar-refractivity contribution < 1.29 is 33.0 Å². The zero-order valence-corrected chi connectivity index (χ0v) is 33.8. The van der Waals surface area contributed by atoms with Crippen LogP contribution in [0.15, 0.2) is 54.7 Å². The number of rotatable bonds is 11. The lowest BCUT2D eigenvalue weighted by Gasteiger charge is -2.32. The number of halogens is 1. The molecule has 6 atom stereocenters. The first-order valence-electron chi connectivity index (χ1n) is 19.6. The van der Waals surface area contributed by atoms with Gasteiger partial charge in [-0.15, -0.1) is 0 Å². The Morgan fingerprint density at radius 1 is 0.684 bits per heavy atom. The molecule has 0 radical (unpaired) electrons. The Morgan fingerprint density at radius 3 is 1.58 bits per heavy atom. The summed E-state index contributed by atoms with van der Waals surface area (Å²) in [6.07, 6.45) is 3.31. The number of aromatic amines is 2. The summed E-state index contributed by atoms with van der Waals surface area (Å²) < 4.78 is 25.0. The third-order valence-corrected chi connectivity index (χ3v) is 11.2. The quantitative estimate of drug-likeness (QED) is 0.124. The van der Waals surface area contributed by atoms with Gasteiger partial charge in [-0.2, -0.15) is 4.39 Å². The van der Waals surface area contributed by atoms with Crippen molar-refractivity contribution in [1.29, 1.82) is 0 Å². The van der Waals surface area contributed by atoms with Gasteiger partial charge in [-0.3, -0.25) is 9.59 Å². The standard InChI is InChI=1S/C42H53FN8O6/c1-22(2)33(47-41(54)56-7)39(52)50-24(5)9-19-31(50)37-44-21-30(45-37)28-15-11-26(12-16-28)27-13-17-29(18-14-27)35-36(43)49-38(46-35)32-20-10-25(6)51(32)40(53)34(23(3)4)48-42(55)57-8/h11-18,21-25,31-34H,9-10,19-20H2,1-8H3,(H,44,45)(H,46,49)(H,47,54)(H,48,55)/t24-,25+,31-,32+,33-,34+/m1/s1. The number of benzene rings is 2. The second-order valence-electron chi connectivity index (χ2n) is 15.7. The maximum atomic E-state index is 15.5. The molecule has 0 unspecified atom stereocenters. The molecule has 2 aliphatic rings. The number of carbonyl (C=O) groups excluding carboxylic acids is 4. The van der Waals surface area contributed by atoms with Crippen LogP contribution in [0, 0.1) is 17.8 Å². The number of nitrogens with zero attached hydrogens (tertiary/aromatic N) is 4. The number of methoxy groups -OCH3 is 2. The molecule has 14 nitrogen and oxygen atoms in total. The van der Waals surface area contributed by atoms with Crippen LogP contribution in [0.5, 0.6) is 0 Å². The number of alkyl carbamates (subject to hydrolysis) is 2. The smallest absolute Gasteiger partial charge is 0.407 e. The molecule has 2 saturated heterocycles. The highest BCUT2D eigenvalue weighted by atomic mass is 19.1. The van der Waals surface area contributed by atoms with Crippen LogP contribution in [0.25, 0.3) is 33.6 Å². The summed E-state index contributed by atoms with van der Waals surface area (Å²) in [7, 11) is 2.53. The van der Waals surface area contributed by atoms with Gasteiger partial charge in [0.15, 0.2) is 0 Å². The van der Waals surface area contributed by atoms with Crippen LogP contribution in [-0.4, -0.2) is 92.1 Å². The molecule has 2 aromatic carbocycles. The molecule has 4 heterocycles. The maximum absolute atomic E-state index is 15.5. The normalized spacial score (nSPS) is 20.5. The van der Waals surface area contributed by atoms with E-state index in [1.165, 1.54) is 14.2 Å². The first kappa shape index (κ1) is 40.9. The minimum absolute atomic E-state index is 0.0213. The van der Waals surface area contributed by atoms with Crippen LogP contribution in [-0.2, 0) is 19.1 Å². The molecule has 0 aliphatic carbocycles. The van der Waals surface area contributed by atoms with Crippen molar-refractivity contribution in [3.8, 4) is 33.6 Å². The Kier molecular flexibility index (Phi) is 12.3. The fourth-order valence-corrected chi connectivity index (χ4v) is 8.00. The van der Waals surface area contributed by atoms with E-state index in [4.69, 9.17) is 9.47 Å². The van der Waals surface area contributed by atoms with Gasteiger partial charge in [0, 0.05) is 17.6 Å². The summed E-state index contributed by atoms with van der Waals surface area (Å²) in [6.45, 7) is 11.4. The Balaban J connectivity index is 1.15. The fraction of sp³-hybridized carbons (Fsp3) is 0.476. The predicted octanol–water partition coefficient (Wildman–Crippen LogP) is 7.14. The lowest BCUT2D eigenvalue weighted by Crippen LogP contribution is -2.52.